The zero-order valence-corrected chi connectivity index (χ0v) is 10.8. The van der Waals surface area contributed by atoms with Crippen molar-refractivity contribution in [2.75, 3.05) is 25.6 Å². The van der Waals surface area contributed by atoms with E-state index in [4.69, 9.17) is 4.74 Å². The minimum absolute atomic E-state index is 0.828. The number of pyridine rings is 1. The summed E-state index contributed by atoms with van der Waals surface area (Å²) in [6.45, 7) is 3.76. The van der Waals surface area contributed by atoms with Gasteiger partial charge in [0.05, 0.1) is 5.69 Å². The van der Waals surface area contributed by atoms with Gasteiger partial charge < -0.3 is 10.1 Å². The molecule has 0 aromatic carbocycles. The second-order valence-electron chi connectivity index (χ2n) is 3.39. The van der Waals surface area contributed by atoms with Crippen molar-refractivity contribution in [1.29, 1.82) is 0 Å². The van der Waals surface area contributed by atoms with Crippen LogP contribution in [0.2, 0.25) is 0 Å². The van der Waals surface area contributed by atoms with Crippen molar-refractivity contribution >= 4 is 21.7 Å². The van der Waals surface area contributed by atoms with Crippen LogP contribution in [-0.2, 0) is 4.74 Å². The Hall–Kier alpha value is -0.610. The van der Waals surface area contributed by atoms with E-state index >= 15 is 0 Å². The molecule has 0 saturated carbocycles. The Kier molecular flexibility index (Phi) is 5.65. The Labute approximate surface area is 99.4 Å². The minimum atomic E-state index is 0.828. The minimum Gasteiger partial charge on any atom is -0.385 e. The summed E-state index contributed by atoms with van der Waals surface area (Å²) in [5.74, 6) is 0.938. The fourth-order valence-corrected chi connectivity index (χ4v) is 1.45. The molecule has 0 aliphatic rings. The maximum atomic E-state index is 4.98. The summed E-state index contributed by atoms with van der Waals surface area (Å²) in [5, 5.41) is 3.28. The topological polar surface area (TPSA) is 34.1 Å². The standard InChI is InChI=1S/C11H17BrN2O/c1-9-10(12)5-6-11(14-9)13-7-3-4-8-15-2/h5-6H,3-4,7-8H2,1-2H3,(H,13,14). The van der Waals surface area contributed by atoms with Gasteiger partial charge in [0.15, 0.2) is 0 Å². The van der Waals surface area contributed by atoms with Crippen molar-refractivity contribution in [1.82, 2.24) is 4.98 Å². The lowest BCUT2D eigenvalue weighted by atomic mass is 10.3. The number of nitrogens with one attached hydrogen (secondary N) is 1. The number of nitrogens with zero attached hydrogens (tertiary/aromatic N) is 1. The number of anilines is 1. The van der Waals surface area contributed by atoms with Crippen LogP contribution < -0.4 is 5.32 Å². The van der Waals surface area contributed by atoms with Gasteiger partial charge in [-0.3, -0.25) is 0 Å². The van der Waals surface area contributed by atoms with Gasteiger partial charge in [-0.25, -0.2) is 4.98 Å². The van der Waals surface area contributed by atoms with E-state index in [1.807, 2.05) is 19.1 Å². The molecule has 0 saturated heterocycles. The first kappa shape index (κ1) is 12.5. The zero-order valence-electron chi connectivity index (χ0n) is 9.22. The Morgan fingerprint density at radius 3 is 2.87 bits per heavy atom. The van der Waals surface area contributed by atoms with Gasteiger partial charge in [-0.15, -0.1) is 0 Å². The molecule has 0 atom stereocenters. The van der Waals surface area contributed by atoms with Gasteiger partial charge in [-0.05, 0) is 47.8 Å². The van der Waals surface area contributed by atoms with Crippen molar-refractivity contribution < 1.29 is 4.74 Å². The molecule has 15 heavy (non-hydrogen) atoms. The van der Waals surface area contributed by atoms with Crippen molar-refractivity contribution in [2.45, 2.75) is 19.8 Å². The molecule has 1 aromatic rings. The molecule has 1 N–H and O–H groups in total. The number of halogens is 1. The number of hydrogen-bond acceptors (Lipinski definition) is 3. The summed E-state index contributed by atoms with van der Waals surface area (Å²) in [6, 6.07) is 3.99. The Balaban J connectivity index is 2.28. The van der Waals surface area contributed by atoms with Crippen LogP contribution in [0.25, 0.3) is 0 Å². The Morgan fingerprint density at radius 2 is 2.20 bits per heavy atom. The SMILES string of the molecule is COCCCCNc1ccc(Br)c(C)n1. The lowest BCUT2D eigenvalue weighted by Gasteiger charge is -2.06. The predicted octanol–water partition coefficient (Wildman–Crippen LogP) is 2.99. The summed E-state index contributed by atoms with van der Waals surface area (Å²) in [7, 11) is 1.73. The Bertz CT molecular complexity index is 305. The largest absolute Gasteiger partial charge is 0.385 e. The van der Waals surface area contributed by atoms with Gasteiger partial charge in [0.25, 0.3) is 0 Å². The first-order valence-electron chi connectivity index (χ1n) is 5.10. The highest BCUT2D eigenvalue weighted by Crippen LogP contribution is 2.15. The molecule has 84 valence electrons. The molecule has 0 aliphatic carbocycles. The van der Waals surface area contributed by atoms with Crippen molar-refractivity contribution in [3.8, 4) is 0 Å². The van der Waals surface area contributed by atoms with E-state index in [1.165, 1.54) is 0 Å². The summed E-state index contributed by atoms with van der Waals surface area (Å²) in [4.78, 5) is 4.40. The second-order valence-corrected chi connectivity index (χ2v) is 4.24. The number of hydrogen-bond donors (Lipinski definition) is 1. The lowest BCUT2D eigenvalue weighted by Crippen LogP contribution is -2.05. The number of ether oxygens (including phenoxy) is 1. The average Bonchev–Trinajstić information content (AvgIpc) is 2.23. The van der Waals surface area contributed by atoms with Crippen LogP contribution in [0, 0.1) is 6.92 Å². The van der Waals surface area contributed by atoms with Gasteiger partial charge in [-0.1, -0.05) is 0 Å². The monoisotopic (exact) mass is 272 g/mol. The molecule has 0 aliphatic heterocycles. The molecule has 3 nitrogen and oxygen atoms in total. The van der Waals surface area contributed by atoms with Crippen LogP contribution in [0.5, 0.6) is 0 Å². The summed E-state index contributed by atoms with van der Waals surface area (Å²) >= 11 is 3.42. The van der Waals surface area contributed by atoms with Crippen molar-refractivity contribution in [3.63, 3.8) is 0 Å². The summed E-state index contributed by atoms with van der Waals surface area (Å²) in [5.41, 5.74) is 1.01. The molecular weight excluding hydrogens is 256 g/mol. The maximum absolute atomic E-state index is 4.98. The van der Waals surface area contributed by atoms with Gasteiger partial charge in [0.2, 0.25) is 0 Å². The van der Waals surface area contributed by atoms with Gasteiger partial charge in [0, 0.05) is 24.7 Å². The zero-order chi connectivity index (χ0) is 11.1. The van der Waals surface area contributed by atoms with Crippen molar-refractivity contribution in [2.24, 2.45) is 0 Å². The number of aromatic nitrogens is 1. The summed E-state index contributed by atoms with van der Waals surface area (Å²) < 4.78 is 6.03. The maximum Gasteiger partial charge on any atom is 0.126 e. The lowest BCUT2D eigenvalue weighted by molar-refractivity contribution is 0.194. The first-order chi connectivity index (χ1) is 7.24. The van der Waals surface area contributed by atoms with E-state index < -0.39 is 0 Å². The third kappa shape index (κ3) is 4.62. The molecule has 0 bridgehead atoms. The molecule has 0 radical (unpaired) electrons. The van der Waals surface area contributed by atoms with Crippen LogP contribution in [0.4, 0.5) is 5.82 Å². The predicted molar refractivity (Wildman–Crippen MR) is 66.3 cm³/mol. The number of methoxy groups -OCH3 is 1. The first-order valence-corrected chi connectivity index (χ1v) is 5.89. The Morgan fingerprint density at radius 1 is 1.40 bits per heavy atom. The molecule has 4 heteroatoms. The molecule has 0 amide bonds. The molecule has 0 unspecified atom stereocenters. The van der Waals surface area contributed by atoms with Crippen LogP contribution in [0.3, 0.4) is 0 Å². The fraction of sp³-hybridized carbons (Fsp3) is 0.545. The third-order valence-corrected chi connectivity index (χ3v) is 2.94. The smallest absolute Gasteiger partial charge is 0.126 e. The van der Waals surface area contributed by atoms with E-state index in [1.54, 1.807) is 7.11 Å². The van der Waals surface area contributed by atoms with Crippen molar-refractivity contribution in [3.05, 3.63) is 22.3 Å². The molecule has 0 spiro atoms. The molecule has 0 fully saturated rings. The third-order valence-electron chi connectivity index (χ3n) is 2.10. The van der Waals surface area contributed by atoms with Gasteiger partial charge >= 0.3 is 0 Å². The highest BCUT2D eigenvalue weighted by Gasteiger charge is 1.97. The molecule has 1 heterocycles. The normalized spacial score (nSPS) is 10.3. The number of aryl methyl sites for hydroxylation is 1. The average molecular weight is 273 g/mol. The van der Waals surface area contributed by atoms with Crippen LogP contribution >= 0.6 is 15.9 Å². The van der Waals surface area contributed by atoms with E-state index in [0.717, 1.165) is 42.0 Å². The highest BCUT2D eigenvalue weighted by molar-refractivity contribution is 9.10. The van der Waals surface area contributed by atoms with Gasteiger partial charge in [0.1, 0.15) is 5.82 Å². The molecule has 1 rings (SSSR count). The van der Waals surface area contributed by atoms with Crippen LogP contribution in [-0.4, -0.2) is 25.2 Å². The van der Waals surface area contributed by atoms with Crippen LogP contribution in [0.1, 0.15) is 18.5 Å². The number of unbranched alkanes of at least 4 members (excludes halogenated alkanes) is 1. The van der Waals surface area contributed by atoms with E-state index in [-0.39, 0.29) is 0 Å². The molecule has 1 aromatic heterocycles. The van der Waals surface area contributed by atoms with Gasteiger partial charge in [-0.2, -0.15) is 0 Å². The molecular formula is C11H17BrN2O. The number of rotatable bonds is 6. The summed E-state index contributed by atoms with van der Waals surface area (Å²) in [6.07, 6.45) is 2.18. The second kappa shape index (κ2) is 6.80. The van der Waals surface area contributed by atoms with Crippen LogP contribution in [0.15, 0.2) is 16.6 Å². The quantitative estimate of drug-likeness (QED) is 0.809. The highest BCUT2D eigenvalue weighted by atomic mass is 79.9. The van der Waals surface area contributed by atoms with E-state index in [0.29, 0.717) is 0 Å². The fourth-order valence-electron chi connectivity index (χ4n) is 1.23. The van der Waals surface area contributed by atoms with E-state index in [2.05, 4.69) is 26.2 Å². The van der Waals surface area contributed by atoms with E-state index in [9.17, 15) is 0 Å².